The predicted octanol–water partition coefficient (Wildman–Crippen LogP) is 2.40. The highest BCUT2D eigenvalue weighted by molar-refractivity contribution is 6.30. The summed E-state index contributed by atoms with van der Waals surface area (Å²) in [6.45, 7) is 10.8. The van der Waals surface area contributed by atoms with E-state index in [2.05, 4.69) is 33.9 Å². The fraction of sp³-hybridized carbons (Fsp3) is 0.650. The second kappa shape index (κ2) is 9.73. The third-order valence-electron chi connectivity index (χ3n) is 5.56. The van der Waals surface area contributed by atoms with E-state index in [1.54, 1.807) is 0 Å². The Labute approximate surface area is 167 Å². The van der Waals surface area contributed by atoms with Crippen LogP contribution in [0.4, 0.5) is 4.79 Å². The van der Waals surface area contributed by atoms with Crippen molar-refractivity contribution in [3.63, 3.8) is 0 Å². The molecule has 0 aromatic heterocycles. The molecule has 0 aliphatic carbocycles. The van der Waals surface area contributed by atoms with Crippen LogP contribution in [0.5, 0.6) is 0 Å². The summed E-state index contributed by atoms with van der Waals surface area (Å²) in [5, 5.41) is 0.777. The zero-order valence-corrected chi connectivity index (χ0v) is 17.2. The Bertz CT molecular complexity index is 597. The lowest BCUT2D eigenvalue weighted by atomic mass is 10.0. The second-order valence-electron chi connectivity index (χ2n) is 7.39. The van der Waals surface area contributed by atoms with Crippen LogP contribution in [0.2, 0.25) is 5.02 Å². The van der Waals surface area contributed by atoms with Gasteiger partial charge in [-0.15, -0.1) is 0 Å². The van der Waals surface area contributed by atoms with Crippen molar-refractivity contribution >= 4 is 17.7 Å². The van der Waals surface area contributed by atoms with Crippen LogP contribution in [-0.2, 0) is 4.74 Å². The van der Waals surface area contributed by atoms with Crippen molar-refractivity contribution in [2.45, 2.75) is 13.0 Å². The molecule has 1 unspecified atom stereocenters. The van der Waals surface area contributed by atoms with E-state index in [0.29, 0.717) is 12.6 Å². The molecular formula is C20H31ClN4O2. The van der Waals surface area contributed by atoms with E-state index in [-0.39, 0.29) is 6.09 Å². The summed E-state index contributed by atoms with van der Waals surface area (Å²) in [4.78, 5) is 21.2. The lowest BCUT2D eigenvalue weighted by Gasteiger charge is -2.42. The molecule has 1 aromatic rings. The number of nitrogens with zero attached hydrogens (tertiary/aromatic N) is 4. The van der Waals surface area contributed by atoms with Gasteiger partial charge in [-0.1, -0.05) is 23.7 Å². The monoisotopic (exact) mass is 394 g/mol. The molecule has 2 heterocycles. The fourth-order valence-electron chi connectivity index (χ4n) is 3.82. The lowest BCUT2D eigenvalue weighted by Crippen LogP contribution is -2.53. The van der Waals surface area contributed by atoms with Crippen molar-refractivity contribution in [2.75, 3.05) is 72.6 Å². The summed E-state index contributed by atoms with van der Waals surface area (Å²) >= 11 is 6.10. The standard InChI is InChI=1S/C20H31ClN4O2/c1-3-27-20(26)25-14-10-23(11-15-25)16-19(17-4-6-18(21)7-5-17)24-12-8-22(2)9-13-24/h4-7,19H,3,8-16H2,1-2H3. The minimum atomic E-state index is -0.189. The maximum absolute atomic E-state index is 11.9. The molecule has 150 valence electrons. The number of piperazine rings is 2. The number of benzene rings is 1. The molecule has 2 aliphatic rings. The summed E-state index contributed by atoms with van der Waals surface area (Å²) in [6.07, 6.45) is -0.189. The average Bonchev–Trinajstić information content (AvgIpc) is 2.68. The van der Waals surface area contributed by atoms with E-state index in [9.17, 15) is 4.79 Å². The number of halogens is 1. The van der Waals surface area contributed by atoms with Crippen molar-refractivity contribution < 1.29 is 9.53 Å². The van der Waals surface area contributed by atoms with E-state index < -0.39 is 0 Å². The van der Waals surface area contributed by atoms with Gasteiger partial charge in [0.1, 0.15) is 0 Å². The molecule has 1 amide bonds. The lowest BCUT2D eigenvalue weighted by molar-refractivity contribution is 0.0544. The first-order valence-electron chi connectivity index (χ1n) is 9.89. The van der Waals surface area contributed by atoms with Gasteiger partial charge in [0.25, 0.3) is 0 Å². The van der Waals surface area contributed by atoms with Crippen LogP contribution in [0.25, 0.3) is 0 Å². The summed E-state index contributed by atoms with van der Waals surface area (Å²) in [7, 11) is 2.18. The zero-order chi connectivity index (χ0) is 19.2. The molecule has 3 rings (SSSR count). The number of likely N-dealkylation sites (N-methyl/N-ethyl adjacent to an activating group) is 1. The largest absolute Gasteiger partial charge is 0.450 e. The van der Waals surface area contributed by atoms with Crippen molar-refractivity contribution in [1.82, 2.24) is 19.6 Å². The highest BCUT2D eigenvalue weighted by atomic mass is 35.5. The fourth-order valence-corrected chi connectivity index (χ4v) is 3.95. The molecule has 7 heteroatoms. The summed E-state index contributed by atoms with van der Waals surface area (Å²) < 4.78 is 5.13. The van der Waals surface area contributed by atoms with Gasteiger partial charge in [-0.2, -0.15) is 0 Å². The number of carbonyl (C=O) groups excluding carboxylic acids is 1. The molecule has 0 saturated carbocycles. The molecule has 0 radical (unpaired) electrons. The minimum Gasteiger partial charge on any atom is -0.450 e. The molecule has 2 fully saturated rings. The molecule has 2 aliphatic heterocycles. The average molecular weight is 395 g/mol. The summed E-state index contributed by atoms with van der Waals surface area (Å²) in [6, 6.07) is 8.63. The molecule has 0 bridgehead atoms. The first-order chi connectivity index (χ1) is 13.1. The Morgan fingerprint density at radius 1 is 1.04 bits per heavy atom. The van der Waals surface area contributed by atoms with E-state index in [1.807, 2.05) is 24.0 Å². The van der Waals surface area contributed by atoms with Crippen molar-refractivity contribution in [1.29, 1.82) is 0 Å². The quantitative estimate of drug-likeness (QED) is 0.766. The van der Waals surface area contributed by atoms with Gasteiger partial charge in [0.05, 0.1) is 6.61 Å². The van der Waals surface area contributed by atoms with Gasteiger partial charge >= 0.3 is 6.09 Å². The third-order valence-corrected chi connectivity index (χ3v) is 5.81. The number of hydrogen-bond acceptors (Lipinski definition) is 5. The van der Waals surface area contributed by atoms with Gasteiger partial charge in [0.2, 0.25) is 0 Å². The number of rotatable bonds is 5. The van der Waals surface area contributed by atoms with Crippen LogP contribution >= 0.6 is 11.6 Å². The van der Waals surface area contributed by atoms with Gasteiger partial charge < -0.3 is 14.5 Å². The molecule has 0 spiro atoms. The van der Waals surface area contributed by atoms with Crippen molar-refractivity contribution in [3.05, 3.63) is 34.9 Å². The number of hydrogen-bond donors (Lipinski definition) is 0. The van der Waals surface area contributed by atoms with Gasteiger partial charge in [-0.25, -0.2) is 4.79 Å². The van der Waals surface area contributed by atoms with Crippen LogP contribution in [0.15, 0.2) is 24.3 Å². The highest BCUT2D eigenvalue weighted by Crippen LogP contribution is 2.25. The van der Waals surface area contributed by atoms with Crippen LogP contribution < -0.4 is 0 Å². The Balaban J connectivity index is 1.63. The number of ether oxygens (including phenoxy) is 1. The first-order valence-corrected chi connectivity index (χ1v) is 10.3. The maximum Gasteiger partial charge on any atom is 0.409 e. The normalized spacial score (nSPS) is 21.2. The van der Waals surface area contributed by atoms with Crippen molar-refractivity contribution in [2.24, 2.45) is 0 Å². The Kier molecular flexibility index (Phi) is 7.35. The Morgan fingerprint density at radius 2 is 1.67 bits per heavy atom. The Hall–Kier alpha value is -1.34. The van der Waals surface area contributed by atoms with E-state index in [1.165, 1.54) is 5.56 Å². The van der Waals surface area contributed by atoms with Gasteiger partial charge in [-0.05, 0) is 31.7 Å². The summed E-state index contributed by atoms with van der Waals surface area (Å²) in [5.41, 5.74) is 1.32. The summed E-state index contributed by atoms with van der Waals surface area (Å²) in [5.74, 6) is 0. The van der Waals surface area contributed by atoms with Crippen LogP contribution in [0, 0.1) is 0 Å². The number of carbonyl (C=O) groups is 1. The van der Waals surface area contributed by atoms with Crippen molar-refractivity contribution in [3.8, 4) is 0 Å². The molecule has 27 heavy (non-hydrogen) atoms. The van der Waals surface area contributed by atoms with Gasteiger partial charge in [0, 0.05) is 70.0 Å². The smallest absolute Gasteiger partial charge is 0.409 e. The second-order valence-corrected chi connectivity index (χ2v) is 7.83. The van der Waals surface area contributed by atoms with Crippen LogP contribution in [0.3, 0.4) is 0 Å². The van der Waals surface area contributed by atoms with Crippen LogP contribution in [0.1, 0.15) is 18.5 Å². The molecule has 6 nitrogen and oxygen atoms in total. The molecule has 1 atom stereocenters. The van der Waals surface area contributed by atoms with Crippen LogP contribution in [-0.4, -0.2) is 98.3 Å². The van der Waals surface area contributed by atoms with E-state index in [0.717, 1.165) is 63.9 Å². The molecule has 1 aromatic carbocycles. The topological polar surface area (TPSA) is 39.3 Å². The number of amides is 1. The predicted molar refractivity (Wildman–Crippen MR) is 108 cm³/mol. The van der Waals surface area contributed by atoms with E-state index in [4.69, 9.17) is 16.3 Å². The molecule has 0 N–H and O–H groups in total. The molecule has 2 saturated heterocycles. The zero-order valence-electron chi connectivity index (χ0n) is 16.4. The Morgan fingerprint density at radius 3 is 2.26 bits per heavy atom. The minimum absolute atomic E-state index is 0.189. The molecular weight excluding hydrogens is 364 g/mol. The van der Waals surface area contributed by atoms with Gasteiger partial charge in [0.15, 0.2) is 0 Å². The first kappa shape index (κ1) is 20.4. The highest BCUT2D eigenvalue weighted by Gasteiger charge is 2.28. The van der Waals surface area contributed by atoms with E-state index >= 15 is 0 Å². The SMILES string of the molecule is CCOC(=O)N1CCN(CC(c2ccc(Cl)cc2)N2CCN(C)CC2)CC1. The third kappa shape index (κ3) is 5.57. The maximum atomic E-state index is 11.9. The van der Waals surface area contributed by atoms with Gasteiger partial charge in [-0.3, -0.25) is 9.80 Å².